The molecule has 22 heteroatoms. The van der Waals surface area contributed by atoms with Crippen LogP contribution >= 0.6 is 136 Å². The van der Waals surface area contributed by atoms with E-state index in [2.05, 4.69) is 21.3 Å². The SMILES string of the molecule is CCC(=O)NCc1c(I)c(NC(=O)CCOCCOCCOCCOCCC(=O)Nc2c(I)c(CNC(=O)CC)c(I)c(C(=O)O)c2I)c(I)c(C(=O)O)c1I. The van der Waals surface area contributed by atoms with Gasteiger partial charge in [0.05, 0.1) is 95.3 Å². The van der Waals surface area contributed by atoms with E-state index in [0.29, 0.717) is 57.1 Å². The van der Waals surface area contributed by atoms with Gasteiger partial charge in [0, 0.05) is 51.3 Å². The standard InChI is InChI=1S/C34H40I6N4O12/c1-3-19(45)41-15-17-25(35)23(33(49)50)29(39)31(27(17)37)43-21(47)5-7-53-9-11-55-13-14-56-12-10-54-8-6-22(48)44-32-28(38)18(16-42-20(46)4-2)26(36)24(30(32)40)34(51)52/h3-16H2,1-2H3,(H,41,45)(H,42,46)(H,43,47)(H,44,48)(H,49,50)(H,51,52). The number of nitrogens with one attached hydrogen (secondary N) is 4. The Bertz CT molecular complexity index is 1640. The van der Waals surface area contributed by atoms with E-state index in [1.54, 1.807) is 13.8 Å². The normalized spacial score (nSPS) is 10.9. The Morgan fingerprint density at radius 1 is 0.464 bits per heavy atom. The average Bonchev–Trinajstić information content (AvgIpc) is 3.14. The van der Waals surface area contributed by atoms with Gasteiger partial charge in [0.1, 0.15) is 0 Å². The molecule has 0 atom stereocenters. The molecule has 0 aliphatic carbocycles. The number of carbonyl (C=O) groups is 6. The summed E-state index contributed by atoms with van der Waals surface area (Å²) in [7, 11) is 0. The number of benzene rings is 2. The molecule has 56 heavy (non-hydrogen) atoms. The number of hydrogen-bond acceptors (Lipinski definition) is 10. The zero-order chi connectivity index (χ0) is 41.9. The minimum atomic E-state index is -1.13. The van der Waals surface area contributed by atoms with Gasteiger partial charge in [0.25, 0.3) is 0 Å². The fourth-order valence-electron chi connectivity index (χ4n) is 4.46. The van der Waals surface area contributed by atoms with Gasteiger partial charge in [-0.3, -0.25) is 19.2 Å². The summed E-state index contributed by atoms with van der Waals surface area (Å²) in [4.78, 5) is 73.1. The number of rotatable bonds is 25. The Hall–Kier alpha value is -0.520. The molecule has 0 bridgehead atoms. The molecule has 4 amide bonds. The highest BCUT2D eigenvalue weighted by Gasteiger charge is 2.27. The van der Waals surface area contributed by atoms with Crippen LogP contribution in [0.2, 0.25) is 0 Å². The Morgan fingerprint density at radius 2 is 0.768 bits per heavy atom. The third-order valence-electron chi connectivity index (χ3n) is 7.40. The summed E-state index contributed by atoms with van der Waals surface area (Å²) >= 11 is 11.8. The van der Waals surface area contributed by atoms with Crippen LogP contribution in [0.1, 0.15) is 71.4 Å². The lowest BCUT2D eigenvalue weighted by atomic mass is 10.1. The fourth-order valence-corrected chi connectivity index (χ4v) is 13.0. The molecule has 0 saturated heterocycles. The molecule has 16 nitrogen and oxygen atoms in total. The summed E-state index contributed by atoms with van der Waals surface area (Å²) in [5, 5.41) is 30.8. The van der Waals surface area contributed by atoms with Gasteiger partial charge in [-0.25, -0.2) is 9.59 Å². The summed E-state index contributed by atoms with van der Waals surface area (Å²) < 4.78 is 25.1. The number of amides is 4. The highest BCUT2D eigenvalue weighted by Crippen LogP contribution is 2.37. The van der Waals surface area contributed by atoms with Gasteiger partial charge in [-0.05, 0) is 136 Å². The Balaban J connectivity index is 1.66. The Kier molecular flexibility index (Phi) is 25.2. The van der Waals surface area contributed by atoms with Crippen molar-refractivity contribution in [2.45, 2.75) is 52.6 Å². The van der Waals surface area contributed by atoms with Crippen LogP contribution < -0.4 is 21.3 Å². The topological polar surface area (TPSA) is 228 Å². The lowest BCUT2D eigenvalue weighted by molar-refractivity contribution is -0.121. The second-order valence-corrected chi connectivity index (χ2v) is 17.7. The zero-order valence-electron chi connectivity index (χ0n) is 30.1. The molecular weight excluding hydrogens is 1420 g/mol. The first-order valence-electron chi connectivity index (χ1n) is 16.9. The van der Waals surface area contributed by atoms with Crippen LogP contribution in [0.4, 0.5) is 11.4 Å². The summed E-state index contributed by atoms with van der Waals surface area (Å²) in [5.74, 6) is -3.33. The van der Waals surface area contributed by atoms with Crippen molar-refractivity contribution in [1.82, 2.24) is 10.6 Å². The second kappa shape index (κ2) is 27.3. The van der Waals surface area contributed by atoms with Crippen LogP contribution in [0.15, 0.2) is 0 Å². The van der Waals surface area contributed by atoms with E-state index < -0.39 is 11.9 Å². The molecular formula is C34H40I6N4O12. The lowest BCUT2D eigenvalue weighted by Gasteiger charge is -2.19. The quantitative estimate of drug-likeness (QED) is 0.0484. The molecule has 2 rings (SSSR count). The molecule has 0 saturated carbocycles. The van der Waals surface area contributed by atoms with Crippen molar-refractivity contribution >= 4 is 182 Å². The molecule has 0 unspecified atom stereocenters. The van der Waals surface area contributed by atoms with Crippen molar-refractivity contribution in [3.8, 4) is 0 Å². The smallest absolute Gasteiger partial charge is 0.337 e. The number of aromatic carboxylic acids is 2. The van der Waals surface area contributed by atoms with Crippen molar-refractivity contribution < 1.29 is 57.9 Å². The van der Waals surface area contributed by atoms with Crippen LogP contribution in [0.3, 0.4) is 0 Å². The summed E-state index contributed by atoms with van der Waals surface area (Å²) in [5.41, 5.74) is 2.09. The lowest BCUT2D eigenvalue weighted by Crippen LogP contribution is -2.25. The first-order valence-corrected chi connectivity index (χ1v) is 23.3. The highest BCUT2D eigenvalue weighted by atomic mass is 127. The first kappa shape index (κ1) is 51.6. The van der Waals surface area contributed by atoms with Crippen LogP contribution in [0.25, 0.3) is 0 Å². The maximum Gasteiger partial charge on any atom is 0.337 e. The van der Waals surface area contributed by atoms with Gasteiger partial charge in [-0.15, -0.1) is 0 Å². The van der Waals surface area contributed by atoms with Crippen LogP contribution in [0, 0.1) is 21.4 Å². The molecule has 0 radical (unpaired) electrons. The van der Waals surface area contributed by atoms with Crippen molar-refractivity contribution in [3.05, 3.63) is 43.7 Å². The molecule has 0 heterocycles. The summed E-state index contributed by atoms with van der Waals surface area (Å²) in [6.45, 7) is 5.60. The Labute approximate surface area is 405 Å². The predicted molar refractivity (Wildman–Crippen MR) is 257 cm³/mol. The van der Waals surface area contributed by atoms with E-state index in [0.717, 1.165) is 0 Å². The second-order valence-electron chi connectivity index (χ2n) is 11.3. The number of carbonyl (C=O) groups excluding carboxylic acids is 4. The molecule has 310 valence electrons. The highest BCUT2D eigenvalue weighted by molar-refractivity contribution is 14.1. The van der Waals surface area contributed by atoms with Crippen LogP contribution in [0.5, 0.6) is 0 Å². The molecule has 0 aromatic heterocycles. The molecule has 2 aromatic carbocycles. The van der Waals surface area contributed by atoms with Gasteiger partial charge >= 0.3 is 11.9 Å². The van der Waals surface area contributed by atoms with E-state index in [1.165, 1.54) is 0 Å². The molecule has 2 aromatic rings. The monoisotopic (exact) mass is 1460 g/mol. The van der Waals surface area contributed by atoms with Crippen molar-refractivity contribution in [2.24, 2.45) is 0 Å². The van der Waals surface area contributed by atoms with E-state index >= 15 is 0 Å². The van der Waals surface area contributed by atoms with Gasteiger partial charge in [-0.1, -0.05) is 13.8 Å². The maximum absolute atomic E-state index is 12.7. The summed E-state index contributed by atoms with van der Waals surface area (Å²) in [6, 6.07) is 0. The molecule has 0 spiro atoms. The van der Waals surface area contributed by atoms with Gasteiger partial charge in [0.2, 0.25) is 23.6 Å². The molecule has 6 N–H and O–H groups in total. The number of hydrogen-bond donors (Lipinski definition) is 6. The van der Waals surface area contributed by atoms with E-state index in [-0.39, 0.29) is 113 Å². The minimum Gasteiger partial charge on any atom is -0.478 e. The van der Waals surface area contributed by atoms with Gasteiger partial charge in [0.15, 0.2) is 0 Å². The number of anilines is 2. The minimum absolute atomic E-state index is 0.0319. The first-order chi connectivity index (χ1) is 26.6. The maximum atomic E-state index is 12.7. The fraction of sp³-hybridized carbons (Fsp3) is 0.471. The number of ether oxygens (including phenoxy) is 4. The van der Waals surface area contributed by atoms with E-state index in [4.69, 9.17) is 18.9 Å². The summed E-state index contributed by atoms with van der Waals surface area (Å²) in [6.07, 6.45) is 0.639. The van der Waals surface area contributed by atoms with Crippen molar-refractivity contribution in [3.63, 3.8) is 0 Å². The van der Waals surface area contributed by atoms with Crippen molar-refractivity contribution in [2.75, 3.05) is 63.5 Å². The van der Waals surface area contributed by atoms with Gasteiger partial charge < -0.3 is 50.4 Å². The predicted octanol–water partition coefficient (Wildman–Crippen LogP) is 6.19. The van der Waals surface area contributed by atoms with E-state index in [1.807, 2.05) is 136 Å². The van der Waals surface area contributed by atoms with E-state index in [9.17, 15) is 39.0 Å². The number of halogens is 6. The zero-order valence-corrected chi connectivity index (χ0v) is 43.1. The third-order valence-corrected chi connectivity index (χ3v) is 14.3. The molecule has 0 aliphatic heterocycles. The molecule has 0 aliphatic rings. The number of carboxylic acids is 2. The van der Waals surface area contributed by atoms with Crippen molar-refractivity contribution in [1.29, 1.82) is 0 Å². The van der Waals surface area contributed by atoms with Crippen LogP contribution in [-0.4, -0.2) is 98.6 Å². The Morgan fingerprint density at radius 3 is 1.05 bits per heavy atom. The average molecular weight is 1460 g/mol. The van der Waals surface area contributed by atoms with Gasteiger partial charge in [-0.2, -0.15) is 0 Å². The van der Waals surface area contributed by atoms with Crippen LogP contribution in [-0.2, 0) is 51.2 Å². The number of carboxylic acid groups (broad SMARTS) is 2. The molecule has 0 fully saturated rings. The largest absolute Gasteiger partial charge is 0.478 e. The third kappa shape index (κ3) is 16.5.